The smallest absolute Gasteiger partial charge is 0.174 e. The highest BCUT2D eigenvalue weighted by molar-refractivity contribution is 7.80. The maximum Gasteiger partial charge on any atom is 0.174 e. The molecule has 0 aliphatic carbocycles. The summed E-state index contributed by atoms with van der Waals surface area (Å²) < 4.78 is 2.36. The lowest BCUT2D eigenvalue weighted by molar-refractivity contribution is 0.357. The summed E-state index contributed by atoms with van der Waals surface area (Å²) in [6.07, 6.45) is 3.12. The zero-order valence-electron chi connectivity index (χ0n) is 21.8. The molecule has 2 saturated heterocycles. The predicted octanol–water partition coefficient (Wildman–Crippen LogP) is 6.83. The minimum Gasteiger partial charge on any atom is -0.370 e. The van der Waals surface area contributed by atoms with E-state index in [4.69, 9.17) is 28.8 Å². The first kappa shape index (κ1) is 25.1. The van der Waals surface area contributed by atoms with Gasteiger partial charge in [0.25, 0.3) is 0 Å². The number of hydrogen-bond donors (Lipinski definition) is 1. The van der Waals surface area contributed by atoms with Crippen LogP contribution in [0.4, 0.5) is 11.4 Å². The van der Waals surface area contributed by atoms with E-state index >= 15 is 0 Å². The number of halogens is 1. The maximum absolute atomic E-state index is 6.97. The second-order valence-electron chi connectivity index (χ2n) is 10.6. The molecule has 4 heterocycles. The normalized spacial score (nSPS) is 24.3. The van der Waals surface area contributed by atoms with Crippen molar-refractivity contribution >= 4 is 40.3 Å². The Hall–Kier alpha value is -2.57. The van der Waals surface area contributed by atoms with E-state index in [0.717, 1.165) is 41.7 Å². The van der Waals surface area contributed by atoms with Gasteiger partial charge in [0, 0.05) is 42.9 Å². The number of aromatic nitrogens is 2. The van der Waals surface area contributed by atoms with Gasteiger partial charge in [-0.1, -0.05) is 31.5 Å². The van der Waals surface area contributed by atoms with Crippen LogP contribution >= 0.6 is 23.8 Å². The average Bonchev–Trinajstić information content (AvgIpc) is 3.33. The third kappa shape index (κ3) is 4.50. The van der Waals surface area contributed by atoms with Crippen LogP contribution in [0.2, 0.25) is 5.02 Å². The molecule has 2 aliphatic heterocycles. The maximum atomic E-state index is 6.97. The fourth-order valence-electron chi connectivity index (χ4n) is 6.32. The molecule has 0 radical (unpaired) electrons. The second kappa shape index (κ2) is 10.1. The highest BCUT2D eigenvalue weighted by atomic mass is 35.5. The van der Waals surface area contributed by atoms with Crippen molar-refractivity contribution in [1.29, 1.82) is 0 Å². The summed E-state index contributed by atoms with van der Waals surface area (Å²) >= 11 is 12.9. The lowest BCUT2D eigenvalue weighted by Gasteiger charge is -2.37. The predicted molar refractivity (Wildman–Crippen MR) is 154 cm³/mol. The molecule has 0 amide bonds. The van der Waals surface area contributed by atoms with E-state index in [-0.39, 0.29) is 12.1 Å². The van der Waals surface area contributed by atoms with Crippen LogP contribution in [-0.2, 0) is 6.54 Å². The van der Waals surface area contributed by atoms with Gasteiger partial charge in [-0.3, -0.25) is 4.98 Å². The summed E-state index contributed by atoms with van der Waals surface area (Å²) in [7, 11) is 0. The number of hydrogen-bond acceptors (Lipinski definition) is 3. The zero-order chi connectivity index (χ0) is 25.6. The lowest BCUT2D eigenvalue weighted by Crippen LogP contribution is -2.38. The molecule has 7 heteroatoms. The van der Waals surface area contributed by atoms with Crippen LogP contribution in [-0.4, -0.2) is 27.8 Å². The quantitative estimate of drug-likeness (QED) is 0.372. The molecule has 0 saturated carbocycles. The molecule has 2 fully saturated rings. The van der Waals surface area contributed by atoms with Gasteiger partial charge in [0.2, 0.25) is 0 Å². The van der Waals surface area contributed by atoms with Crippen molar-refractivity contribution in [2.75, 3.05) is 22.9 Å². The largest absolute Gasteiger partial charge is 0.370 e. The van der Waals surface area contributed by atoms with Crippen molar-refractivity contribution in [3.63, 3.8) is 0 Å². The molecule has 5 nitrogen and oxygen atoms in total. The van der Waals surface area contributed by atoms with Crippen LogP contribution < -0.4 is 15.1 Å². The van der Waals surface area contributed by atoms with Gasteiger partial charge in [0.05, 0.1) is 28.5 Å². The third-order valence-corrected chi connectivity index (χ3v) is 8.38. The summed E-state index contributed by atoms with van der Waals surface area (Å²) in [4.78, 5) is 9.37. The first-order valence-corrected chi connectivity index (χ1v) is 13.8. The molecule has 0 bridgehead atoms. The summed E-state index contributed by atoms with van der Waals surface area (Å²) in [6.45, 7) is 14.2. The van der Waals surface area contributed by atoms with Crippen molar-refractivity contribution in [2.24, 2.45) is 11.8 Å². The first-order chi connectivity index (χ1) is 17.3. The summed E-state index contributed by atoms with van der Waals surface area (Å²) in [5.74, 6) is 1.33. The molecule has 4 atom stereocenters. The molecule has 2 aromatic heterocycles. The number of benzene rings is 1. The molecule has 1 aromatic carbocycles. The van der Waals surface area contributed by atoms with Gasteiger partial charge in [-0.05, 0) is 93.2 Å². The topological polar surface area (TPSA) is 36.3 Å². The lowest BCUT2D eigenvalue weighted by atomic mass is 9.91. The van der Waals surface area contributed by atoms with Crippen molar-refractivity contribution in [3.05, 3.63) is 76.3 Å². The van der Waals surface area contributed by atoms with Crippen molar-refractivity contribution in [3.8, 4) is 0 Å². The van der Waals surface area contributed by atoms with Gasteiger partial charge in [-0.15, -0.1) is 0 Å². The number of piperidine rings is 1. The molecule has 1 N–H and O–H groups in total. The van der Waals surface area contributed by atoms with Crippen LogP contribution in [0.3, 0.4) is 0 Å². The Kier molecular flexibility index (Phi) is 7.01. The van der Waals surface area contributed by atoms with E-state index in [1.54, 1.807) is 0 Å². The number of aryl methyl sites for hydroxylation is 1. The van der Waals surface area contributed by atoms with Gasteiger partial charge in [-0.25, -0.2) is 0 Å². The van der Waals surface area contributed by atoms with E-state index in [9.17, 15) is 0 Å². The van der Waals surface area contributed by atoms with Gasteiger partial charge >= 0.3 is 0 Å². The van der Waals surface area contributed by atoms with E-state index in [1.165, 1.54) is 23.4 Å². The molecule has 190 valence electrons. The van der Waals surface area contributed by atoms with Crippen LogP contribution in [0.5, 0.6) is 0 Å². The van der Waals surface area contributed by atoms with E-state index in [0.29, 0.717) is 16.9 Å². The minimum absolute atomic E-state index is 0.0316. The molecule has 5 rings (SSSR count). The Morgan fingerprint density at radius 2 is 1.83 bits per heavy atom. The molecule has 4 unspecified atom stereocenters. The Morgan fingerprint density at radius 3 is 2.44 bits per heavy atom. The fourth-order valence-corrected chi connectivity index (χ4v) is 6.96. The van der Waals surface area contributed by atoms with Crippen LogP contribution in [0, 0.1) is 25.7 Å². The summed E-state index contributed by atoms with van der Waals surface area (Å²) in [5.41, 5.74) is 6.87. The van der Waals surface area contributed by atoms with Crippen LogP contribution in [0.25, 0.3) is 0 Å². The SMILES string of the molecule is CCn1c(C)cc(C2C(c3ccccn3)NC(=S)N2c2ccc(N3CC(C)CC(C)C3)c(Cl)c2)c1C. The van der Waals surface area contributed by atoms with Gasteiger partial charge in [0.1, 0.15) is 0 Å². The van der Waals surface area contributed by atoms with Gasteiger partial charge < -0.3 is 19.7 Å². The van der Waals surface area contributed by atoms with Gasteiger partial charge in [-0.2, -0.15) is 0 Å². The fraction of sp³-hybridized carbons (Fsp3) is 0.448. The highest BCUT2D eigenvalue weighted by Gasteiger charge is 2.42. The van der Waals surface area contributed by atoms with Crippen molar-refractivity contribution < 1.29 is 0 Å². The molecule has 3 aromatic rings. The van der Waals surface area contributed by atoms with Crippen molar-refractivity contribution in [1.82, 2.24) is 14.9 Å². The van der Waals surface area contributed by atoms with E-state index in [2.05, 4.69) is 84.6 Å². The third-order valence-electron chi connectivity index (χ3n) is 7.76. The van der Waals surface area contributed by atoms with Crippen LogP contribution in [0.15, 0.2) is 48.7 Å². The average molecular weight is 522 g/mol. The van der Waals surface area contributed by atoms with E-state index in [1.807, 2.05) is 18.3 Å². The number of thiocarbonyl (C=S) groups is 1. The van der Waals surface area contributed by atoms with Gasteiger partial charge in [0.15, 0.2) is 5.11 Å². The number of anilines is 2. The Morgan fingerprint density at radius 1 is 1.08 bits per heavy atom. The number of nitrogens with zero attached hydrogens (tertiary/aromatic N) is 4. The number of pyridine rings is 1. The Labute approximate surface area is 225 Å². The molecular weight excluding hydrogens is 486 g/mol. The Bertz CT molecular complexity index is 1250. The monoisotopic (exact) mass is 521 g/mol. The highest BCUT2D eigenvalue weighted by Crippen LogP contribution is 2.45. The van der Waals surface area contributed by atoms with Crippen molar-refractivity contribution in [2.45, 2.75) is 59.7 Å². The minimum atomic E-state index is -0.0632. The second-order valence-corrected chi connectivity index (χ2v) is 11.3. The number of nitrogens with one attached hydrogen (secondary N) is 1. The van der Waals surface area contributed by atoms with Crippen LogP contribution in [0.1, 0.15) is 61.9 Å². The summed E-state index contributed by atoms with van der Waals surface area (Å²) in [5, 5.41) is 5.05. The molecular formula is C29H36ClN5S. The summed E-state index contributed by atoms with van der Waals surface area (Å²) in [6, 6.07) is 14.7. The Balaban J connectivity index is 1.57. The molecule has 0 spiro atoms. The first-order valence-electron chi connectivity index (χ1n) is 13.0. The zero-order valence-corrected chi connectivity index (χ0v) is 23.4. The number of rotatable bonds is 5. The van der Waals surface area contributed by atoms with E-state index < -0.39 is 0 Å². The standard InChI is InChI=1S/C29H36ClN5S/c1-6-34-20(4)14-23(21(34)5)28-27(25-9-7-8-12-31-25)32-29(36)35(28)22-10-11-26(24(30)15-22)33-16-18(2)13-19(3)17-33/h7-12,14-15,18-19,27-28H,6,13,16-17H2,1-5H3,(H,32,36). The molecule has 36 heavy (non-hydrogen) atoms. The molecule has 2 aliphatic rings.